The first-order valence-corrected chi connectivity index (χ1v) is 14.8. The van der Waals surface area contributed by atoms with Crippen molar-refractivity contribution in [1.82, 2.24) is 0 Å². The fourth-order valence-corrected chi connectivity index (χ4v) is 4.56. The van der Waals surface area contributed by atoms with Crippen molar-refractivity contribution in [2.45, 2.75) is 51.1 Å². The van der Waals surface area contributed by atoms with Gasteiger partial charge in [0.25, 0.3) is 8.32 Å². The Labute approximate surface area is 218 Å². The second-order valence-electron chi connectivity index (χ2n) is 10.2. The molecule has 0 aromatic heterocycles. The summed E-state index contributed by atoms with van der Waals surface area (Å²) in [4.78, 5) is 11.6. The third-order valence-corrected chi connectivity index (χ3v) is 11.0. The van der Waals surface area contributed by atoms with Crippen LogP contribution in [0.25, 0.3) is 6.08 Å². The molecule has 0 saturated carbocycles. The van der Waals surface area contributed by atoms with Crippen LogP contribution >= 0.6 is 0 Å². The molecule has 0 spiro atoms. The minimum atomic E-state index is -2.31. The summed E-state index contributed by atoms with van der Waals surface area (Å²) >= 11 is 0. The number of hydrogen-bond acceptors (Lipinski definition) is 9. The fourth-order valence-electron chi connectivity index (χ4n) is 3.55. The second-order valence-corrected chi connectivity index (χ2v) is 14.9. The maximum absolute atomic E-state index is 11.6. The molecule has 2 N–H and O–H groups in total. The number of fused-ring (bicyclic) bond motifs is 1. The SMILES string of the molecule is COC(=O)/C=C/c1cc(OC)c2c(c1)OC(c1cc(OC)c(O)c(O[Si](C)(C)C(C)(C)C)c1)C(CO)O2. The van der Waals surface area contributed by atoms with Crippen molar-refractivity contribution in [2.24, 2.45) is 0 Å². The van der Waals surface area contributed by atoms with E-state index in [1.807, 2.05) is 0 Å². The monoisotopic (exact) mass is 532 g/mol. The number of hydrogen-bond donors (Lipinski definition) is 2. The van der Waals surface area contributed by atoms with Gasteiger partial charge in [-0.2, -0.15) is 0 Å². The van der Waals surface area contributed by atoms with Gasteiger partial charge in [-0.3, -0.25) is 0 Å². The van der Waals surface area contributed by atoms with Crippen LogP contribution in [0.3, 0.4) is 0 Å². The van der Waals surface area contributed by atoms with Gasteiger partial charge in [0, 0.05) is 11.6 Å². The molecule has 202 valence electrons. The van der Waals surface area contributed by atoms with Crippen LogP contribution in [0, 0.1) is 0 Å². The Morgan fingerprint density at radius 2 is 1.68 bits per heavy atom. The highest BCUT2D eigenvalue weighted by Gasteiger charge is 2.41. The van der Waals surface area contributed by atoms with Crippen molar-refractivity contribution < 1.29 is 43.1 Å². The number of rotatable bonds is 8. The lowest BCUT2D eigenvalue weighted by atomic mass is 10.0. The van der Waals surface area contributed by atoms with Gasteiger partial charge in [-0.25, -0.2) is 4.79 Å². The molecule has 9 nitrogen and oxygen atoms in total. The Kier molecular flexibility index (Phi) is 8.34. The minimum absolute atomic E-state index is 0.106. The van der Waals surface area contributed by atoms with Crippen LogP contribution in [0.2, 0.25) is 18.1 Å². The van der Waals surface area contributed by atoms with Crippen molar-refractivity contribution in [3.8, 4) is 34.5 Å². The number of carbonyl (C=O) groups is 1. The number of aromatic hydroxyl groups is 1. The molecule has 0 bridgehead atoms. The summed E-state index contributed by atoms with van der Waals surface area (Å²) in [6, 6.07) is 6.71. The van der Waals surface area contributed by atoms with Crippen molar-refractivity contribution in [3.63, 3.8) is 0 Å². The van der Waals surface area contributed by atoms with E-state index in [9.17, 15) is 15.0 Å². The third kappa shape index (κ3) is 5.97. The van der Waals surface area contributed by atoms with Crippen LogP contribution in [0.15, 0.2) is 30.3 Å². The molecule has 2 atom stereocenters. The maximum Gasteiger partial charge on any atom is 0.330 e. The van der Waals surface area contributed by atoms with Crippen molar-refractivity contribution in [2.75, 3.05) is 27.9 Å². The van der Waals surface area contributed by atoms with Crippen LogP contribution < -0.4 is 23.4 Å². The lowest BCUT2D eigenvalue weighted by molar-refractivity contribution is -0.134. The van der Waals surface area contributed by atoms with E-state index in [1.165, 1.54) is 27.4 Å². The number of phenolic OH excluding ortho intramolecular Hbond substituents is 1. The Morgan fingerprint density at radius 1 is 1.03 bits per heavy atom. The smallest absolute Gasteiger partial charge is 0.330 e. The van der Waals surface area contributed by atoms with Crippen LogP contribution in [-0.2, 0) is 9.53 Å². The Hall–Kier alpha value is -3.37. The van der Waals surface area contributed by atoms with Gasteiger partial charge < -0.3 is 38.3 Å². The molecule has 1 aliphatic rings. The molecule has 2 aromatic carbocycles. The van der Waals surface area contributed by atoms with Gasteiger partial charge in [-0.05, 0) is 54.0 Å². The first kappa shape index (κ1) is 28.2. The Bertz CT molecular complexity index is 1170. The van der Waals surface area contributed by atoms with Gasteiger partial charge in [-0.15, -0.1) is 0 Å². The molecule has 0 amide bonds. The molecule has 37 heavy (non-hydrogen) atoms. The fraction of sp³-hybridized carbons (Fsp3) is 0.444. The molecular formula is C27H36O9Si. The van der Waals surface area contributed by atoms with Gasteiger partial charge in [-0.1, -0.05) is 20.8 Å². The van der Waals surface area contributed by atoms with Crippen LogP contribution in [0.1, 0.15) is 38.0 Å². The van der Waals surface area contributed by atoms with E-state index < -0.39 is 26.5 Å². The quantitative estimate of drug-likeness (QED) is 0.280. The molecule has 0 saturated heterocycles. The zero-order valence-electron chi connectivity index (χ0n) is 22.6. The number of aliphatic hydroxyl groups is 1. The molecule has 1 aliphatic heterocycles. The van der Waals surface area contributed by atoms with E-state index in [4.69, 9.17) is 23.4 Å². The summed E-state index contributed by atoms with van der Waals surface area (Å²) < 4.78 is 34.4. The lowest BCUT2D eigenvalue weighted by Crippen LogP contribution is -2.44. The highest BCUT2D eigenvalue weighted by atomic mass is 28.4. The molecule has 0 fully saturated rings. The van der Waals surface area contributed by atoms with E-state index >= 15 is 0 Å². The Balaban J connectivity index is 2.08. The van der Waals surface area contributed by atoms with Gasteiger partial charge in [0.2, 0.25) is 5.75 Å². The van der Waals surface area contributed by atoms with Crippen LogP contribution in [0.5, 0.6) is 34.5 Å². The maximum atomic E-state index is 11.6. The molecule has 2 unspecified atom stereocenters. The number of esters is 1. The predicted octanol–water partition coefficient (Wildman–Crippen LogP) is 4.85. The van der Waals surface area contributed by atoms with Gasteiger partial charge in [0.15, 0.2) is 41.0 Å². The van der Waals surface area contributed by atoms with E-state index in [0.717, 1.165) is 0 Å². The number of methoxy groups -OCH3 is 3. The number of aliphatic hydroxyl groups excluding tert-OH is 1. The van der Waals surface area contributed by atoms with E-state index in [1.54, 1.807) is 30.3 Å². The summed E-state index contributed by atoms with van der Waals surface area (Å²) in [6.07, 6.45) is 1.31. The molecule has 3 rings (SSSR count). The summed E-state index contributed by atoms with van der Waals surface area (Å²) in [6.45, 7) is 10.1. The topological polar surface area (TPSA) is 113 Å². The summed E-state index contributed by atoms with van der Waals surface area (Å²) in [5.74, 6) is 0.949. The number of carbonyl (C=O) groups excluding carboxylic acids is 1. The zero-order chi connectivity index (χ0) is 27.5. The van der Waals surface area contributed by atoms with E-state index in [0.29, 0.717) is 28.4 Å². The highest BCUT2D eigenvalue weighted by Crippen LogP contribution is 2.49. The summed E-state index contributed by atoms with van der Waals surface area (Å²) in [7, 11) is 1.93. The third-order valence-electron chi connectivity index (χ3n) is 6.70. The number of phenols is 1. The summed E-state index contributed by atoms with van der Waals surface area (Å²) in [5, 5.41) is 20.9. The van der Waals surface area contributed by atoms with Gasteiger partial charge in [0.1, 0.15) is 0 Å². The molecule has 1 heterocycles. The predicted molar refractivity (Wildman–Crippen MR) is 141 cm³/mol. The highest BCUT2D eigenvalue weighted by molar-refractivity contribution is 6.74. The molecule has 0 radical (unpaired) electrons. The average Bonchev–Trinajstić information content (AvgIpc) is 2.86. The summed E-state index contributed by atoms with van der Waals surface area (Å²) in [5.41, 5.74) is 1.21. The van der Waals surface area contributed by atoms with Crippen molar-refractivity contribution >= 4 is 20.4 Å². The van der Waals surface area contributed by atoms with E-state index in [-0.39, 0.29) is 28.9 Å². The van der Waals surface area contributed by atoms with Crippen LogP contribution in [0.4, 0.5) is 0 Å². The van der Waals surface area contributed by atoms with Crippen LogP contribution in [-0.4, -0.2) is 58.5 Å². The average molecular weight is 533 g/mol. The van der Waals surface area contributed by atoms with Gasteiger partial charge >= 0.3 is 5.97 Å². The lowest BCUT2D eigenvalue weighted by Gasteiger charge is -2.37. The molecular weight excluding hydrogens is 496 g/mol. The molecule has 0 aliphatic carbocycles. The van der Waals surface area contributed by atoms with Crippen molar-refractivity contribution in [3.05, 3.63) is 41.5 Å². The van der Waals surface area contributed by atoms with Gasteiger partial charge in [0.05, 0.1) is 27.9 Å². The standard InChI is InChI=1S/C27H36O9Si/c1-27(2,3)37(7,8)36-19-14-17(13-18(31-4)24(19)30)25-22(15-28)35-26-20(32-5)11-16(12-21(26)34-25)9-10-23(29)33-6/h9-14,22,25,28,30H,15H2,1-8H3/b10-9+. The largest absolute Gasteiger partial charge is 0.541 e. The molecule has 10 heteroatoms. The normalized spacial score (nSPS) is 17.4. The van der Waals surface area contributed by atoms with E-state index in [2.05, 4.69) is 38.6 Å². The number of ether oxygens (including phenoxy) is 5. The minimum Gasteiger partial charge on any atom is -0.541 e. The molecule has 2 aromatic rings. The number of benzene rings is 2. The zero-order valence-corrected chi connectivity index (χ0v) is 23.6. The van der Waals surface area contributed by atoms with Crippen molar-refractivity contribution in [1.29, 1.82) is 0 Å². The second kappa shape index (κ2) is 10.9. The Morgan fingerprint density at radius 3 is 2.24 bits per heavy atom. The first-order valence-electron chi connectivity index (χ1n) is 11.9. The first-order chi connectivity index (χ1) is 17.3.